The maximum atomic E-state index is 13.0. The number of aliphatic imine (C=N–C) groups is 1. The lowest BCUT2D eigenvalue weighted by Gasteiger charge is -2.47. The number of nitrogens with one attached hydrogen (secondary N) is 3. The van der Waals surface area contributed by atoms with Crippen LogP contribution in [-0.2, 0) is 19.2 Å². The predicted octanol–water partition coefficient (Wildman–Crippen LogP) is -1.46. The molecule has 4 rings (SSSR count). The first kappa shape index (κ1) is 26.4. The number of hydrogen-bond donors (Lipinski definition) is 5. The zero-order valence-electron chi connectivity index (χ0n) is 20.8. The third-order valence-corrected chi connectivity index (χ3v) is 9.02. The van der Waals surface area contributed by atoms with Gasteiger partial charge in [-0.2, -0.15) is 0 Å². The molecule has 1 unspecified atom stereocenters. The summed E-state index contributed by atoms with van der Waals surface area (Å²) in [6.07, 6.45) is 2.65. The van der Waals surface area contributed by atoms with Crippen LogP contribution in [0.3, 0.4) is 0 Å². The predicted molar refractivity (Wildman–Crippen MR) is 135 cm³/mol. The second kappa shape index (κ2) is 10.8. The number of fused-ring (bicyclic) bond motifs is 1. The minimum atomic E-state index is -1.13. The molecular formula is C23H35N7O5S. The van der Waals surface area contributed by atoms with Crippen molar-refractivity contribution in [2.24, 2.45) is 22.6 Å². The molecular weight excluding hydrogens is 486 g/mol. The van der Waals surface area contributed by atoms with Gasteiger partial charge in [0.1, 0.15) is 5.70 Å². The Kier molecular flexibility index (Phi) is 7.90. The number of amides is 3. The molecule has 3 fully saturated rings. The molecule has 0 spiro atoms. The third-order valence-electron chi connectivity index (χ3n) is 7.51. The second-order valence-electron chi connectivity index (χ2n) is 9.88. The number of β-lactam (4-membered cyclic amide) rings is 1. The van der Waals surface area contributed by atoms with E-state index < -0.39 is 17.9 Å². The highest BCUT2D eigenvalue weighted by molar-refractivity contribution is 8.03. The average Bonchev–Trinajstić information content (AvgIpc) is 3.53. The van der Waals surface area contributed by atoms with Crippen LogP contribution in [0.4, 0.5) is 0 Å². The first-order chi connectivity index (χ1) is 17.2. The van der Waals surface area contributed by atoms with E-state index in [2.05, 4.69) is 20.9 Å². The lowest BCUT2D eigenvalue weighted by atomic mass is 9.78. The van der Waals surface area contributed by atoms with E-state index in [0.29, 0.717) is 31.0 Å². The van der Waals surface area contributed by atoms with E-state index in [0.717, 1.165) is 6.42 Å². The molecule has 0 aromatic rings. The Morgan fingerprint density at radius 2 is 2.14 bits per heavy atom. The number of carboxylic acid groups (broad SMARTS) is 1. The quantitative estimate of drug-likeness (QED) is 0.138. The number of rotatable bonds is 9. The van der Waals surface area contributed by atoms with Crippen LogP contribution in [0.15, 0.2) is 15.6 Å². The van der Waals surface area contributed by atoms with Crippen LogP contribution in [0, 0.1) is 11.8 Å². The van der Waals surface area contributed by atoms with Gasteiger partial charge in [0.15, 0.2) is 0 Å². The van der Waals surface area contributed by atoms with Gasteiger partial charge >= 0.3 is 5.97 Å². The number of likely N-dealkylation sites (tertiary alicyclic amines) is 1. The fourth-order valence-corrected chi connectivity index (χ4v) is 7.30. The molecule has 12 nitrogen and oxygen atoms in total. The van der Waals surface area contributed by atoms with Gasteiger partial charge in [-0.05, 0) is 26.8 Å². The van der Waals surface area contributed by atoms with Crippen molar-refractivity contribution in [3.8, 4) is 0 Å². The Bertz CT molecular complexity index is 988. The Labute approximate surface area is 214 Å². The van der Waals surface area contributed by atoms with E-state index in [-0.39, 0.29) is 59.3 Å². The fourth-order valence-electron chi connectivity index (χ4n) is 5.82. The number of carbonyl (C=O) groups excluding carboxylic acids is 3. The molecule has 4 heterocycles. The summed E-state index contributed by atoms with van der Waals surface area (Å²) < 4.78 is 0. The Balaban J connectivity index is 1.41. The molecule has 36 heavy (non-hydrogen) atoms. The molecule has 6 N–H and O–H groups in total. The van der Waals surface area contributed by atoms with Gasteiger partial charge in [-0.15, -0.1) is 11.8 Å². The van der Waals surface area contributed by atoms with E-state index in [4.69, 9.17) is 5.73 Å². The van der Waals surface area contributed by atoms with Crippen molar-refractivity contribution in [3.63, 3.8) is 0 Å². The van der Waals surface area contributed by atoms with Gasteiger partial charge in [0.05, 0.1) is 36.9 Å². The largest absolute Gasteiger partial charge is 0.477 e. The zero-order valence-corrected chi connectivity index (χ0v) is 21.6. The van der Waals surface area contributed by atoms with Crippen LogP contribution in [0.5, 0.6) is 0 Å². The highest BCUT2D eigenvalue weighted by atomic mass is 32.2. The number of thioether (sulfide) groups is 1. The van der Waals surface area contributed by atoms with Crippen LogP contribution in [0.2, 0.25) is 0 Å². The van der Waals surface area contributed by atoms with Crippen molar-refractivity contribution in [1.82, 2.24) is 25.8 Å². The monoisotopic (exact) mass is 521 g/mol. The lowest BCUT2D eigenvalue weighted by molar-refractivity contribution is -0.158. The molecule has 7 atom stereocenters. The third kappa shape index (κ3) is 4.83. The van der Waals surface area contributed by atoms with Gasteiger partial charge in [-0.25, -0.2) is 4.79 Å². The molecule has 0 aliphatic carbocycles. The fraction of sp³-hybridized carbons (Fsp3) is 0.696. The average molecular weight is 522 g/mol. The highest BCUT2D eigenvalue weighted by Gasteiger charge is 2.60. The summed E-state index contributed by atoms with van der Waals surface area (Å²) >= 11 is 1.45. The maximum Gasteiger partial charge on any atom is 0.353 e. The first-order valence-electron chi connectivity index (χ1n) is 12.3. The second-order valence-corrected chi connectivity index (χ2v) is 11.2. The van der Waals surface area contributed by atoms with Gasteiger partial charge in [0.25, 0.3) is 0 Å². The number of carbonyl (C=O) groups is 4. The van der Waals surface area contributed by atoms with E-state index in [1.165, 1.54) is 23.0 Å². The molecule has 4 aliphatic rings. The van der Waals surface area contributed by atoms with Crippen molar-refractivity contribution in [3.05, 3.63) is 10.6 Å². The molecule has 0 radical (unpaired) electrons. The summed E-state index contributed by atoms with van der Waals surface area (Å²) in [6.45, 7) is 5.63. The van der Waals surface area contributed by atoms with Crippen LogP contribution in [0.25, 0.3) is 0 Å². The number of aliphatic carboxylic acids is 1. The number of likely N-dealkylation sites (N-methyl/N-ethyl adjacent to an activating group) is 1. The van der Waals surface area contributed by atoms with E-state index in [9.17, 15) is 24.3 Å². The lowest BCUT2D eigenvalue weighted by Crippen LogP contribution is -2.66. The molecule has 3 amide bonds. The number of nitrogens with two attached hydrogens (primary N) is 1. The van der Waals surface area contributed by atoms with Gasteiger partial charge in [-0.3, -0.25) is 19.4 Å². The van der Waals surface area contributed by atoms with E-state index in [1.54, 1.807) is 14.0 Å². The molecule has 3 saturated heterocycles. The van der Waals surface area contributed by atoms with Crippen LogP contribution in [0.1, 0.15) is 26.7 Å². The molecule has 198 valence electrons. The van der Waals surface area contributed by atoms with Crippen molar-refractivity contribution in [1.29, 1.82) is 0 Å². The van der Waals surface area contributed by atoms with Crippen molar-refractivity contribution < 1.29 is 24.3 Å². The highest BCUT2D eigenvalue weighted by Crippen LogP contribution is 2.51. The summed E-state index contributed by atoms with van der Waals surface area (Å²) in [6, 6.07) is -1.02. The SMILES string of the molecule is CNCC(=O)N[C@H](C)[C@H]1C(=O)N2C(C(=O)O)=C(S[C@@H]3CN[C@H](C(=O)N4CCC(N=CN)C4)C3)[C@H](C)[C@H]12. The summed E-state index contributed by atoms with van der Waals surface area (Å²) in [7, 11) is 1.67. The maximum absolute atomic E-state index is 13.0. The van der Waals surface area contributed by atoms with Crippen LogP contribution >= 0.6 is 11.8 Å². The van der Waals surface area contributed by atoms with Crippen molar-refractivity contribution in [2.45, 2.75) is 56.1 Å². The summed E-state index contributed by atoms with van der Waals surface area (Å²) in [5.41, 5.74) is 5.41. The van der Waals surface area contributed by atoms with Crippen LogP contribution < -0.4 is 21.7 Å². The Morgan fingerprint density at radius 1 is 1.39 bits per heavy atom. The Hall–Kier alpha value is -2.64. The summed E-state index contributed by atoms with van der Waals surface area (Å²) in [4.78, 5) is 58.3. The van der Waals surface area contributed by atoms with Gasteiger partial charge in [0.2, 0.25) is 17.7 Å². The molecule has 4 aliphatic heterocycles. The molecule has 0 aromatic heterocycles. The van der Waals surface area contributed by atoms with Crippen molar-refractivity contribution in [2.75, 3.05) is 33.2 Å². The van der Waals surface area contributed by atoms with Gasteiger partial charge in [0, 0.05) is 41.7 Å². The summed E-state index contributed by atoms with van der Waals surface area (Å²) in [5.74, 6) is -2.26. The number of nitrogens with zero attached hydrogens (tertiary/aromatic N) is 3. The minimum Gasteiger partial charge on any atom is -0.477 e. The minimum absolute atomic E-state index is 0.00576. The van der Waals surface area contributed by atoms with Gasteiger partial charge < -0.3 is 36.6 Å². The smallest absolute Gasteiger partial charge is 0.353 e. The number of carboxylic acids is 1. The topological polar surface area (TPSA) is 169 Å². The van der Waals surface area contributed by atoms with Gasteiger partial charge in [-0.1, -0.05) is 6.92 Å². The molecule has 0 aromatic carbocycles. The van der Waals surface area contributed by atoms with E-state index in [1.807, 2.05) is 11.8 Å². The first-order valence-corrected chi connectivity index (χ1v) is 13.2. The van der Waals surface area contributed by atoms with Crippen molar-refractivity contribution >= 4 is 41.8 Å². The zero-order chi connectivity index (χ0) is 26.1. The van der Waals surface area contributed by atoms with E-state index >= 15 is 0 Å². The van der Waals surface area contributed by atoms with Crippen LogP contribution in [-0.4, -0.2) is 108 Å². The molecule has 0 bridgehead atoms. The molecule has 0 saturated carbocycles. The Morgan fingerprint density at radius 3 is 2.81 bits per heavy atom. The normalized spacial score (nSPS) is 32.7. The summed E-state index contributed by atoms with van der Waals surface area (Å²) in [5, 5.41) is 18.9. The standard InChI is InChI=1S/C23H35N7O5S/c1-11-18-17(12(2)28-16(31)8-25-3)22(33)30(18)19(23(34)35)20(11)36-14-6-15(26-7-14)21(32)29-5-4-13(9-29)27-10-24/h10-15,17-18,25-26H,4-9H2,1-3H3,(H2,24,27)(H,28,31)(H,34,35)/t11-,12-,13?,14+,15+,17-,18-/m1/s1. The molecule has 13 heteroatoms. The number of hydrogen-bond acceptors (Lipinski definition) is 8.